The summed E-state index contributed by atoms with van der Waals surface area (Å²) in [6.07, 6.45) is 0.725. The third-order valence-electron chi connectivity index (χ3n) is 7.79. The Morgan fingerprint density at radius 2 is 1.68 bits per heavy atom. The van der Waals surface area contributed by atoms with E-state index < -0.39 is 29.4 Å². The Morgan fingerprint density at radius 3 is 2.27 bits per heavy atom. The monoisotopic (exact) mass is 582 g/mol. The molecule has 1 saturated carbocycles. The average Bonchev–Trinajstić information content (AvgIpc) is 2.91. The number of hydrogen-bond donors (Lipinski definition) is 2. The van der Waals surface area contributed by atoms with Crippen LogP contribution in [0.3, 0.4) is 0 Å². The maximum Gasteiger partial charge on any atom is 0.490 e. The van der Waals surface area contributed by atoms with Crippen molar-refractivity contribution in [1.82, 2.24) is 20.0 Å². The SMILES string of the molecule is Cc1c(Cc2ccc(F)c(C(=O)N3CCN(C4CCCCC4)C(=O)C3(C)C)c2)n[nH]c(=O)c1C.O=C(O)C(F)(F)F. The lowest BCUT2D eigenvalue weighted by Gasteiger charge is -2.49. The van der Waals surface area contributed by atoms with Crippen LogP contribution in [-0.4, -0.2) is 73.7 Å². The van der Waals surface area contributed by atoms with E-state index in [0.29, 0.717) is 36.3 Å². The van der Waals surface area contributed by atoms with Gasteiger partial charge in [-0.05, 0) is 63.8 Å². The van der Waals surface area contributed by atoms with Crippen LogP contribution in [0.5, 0.6) is 0 Å². The summed E-state index contributed by atoms with van der Waals surface area (Å²) in [5.74, 6) is -3.93. The van der Waals surface area contributed by atoms with Gasteiger partial charge in [-0.1, -0.05) is 25.3 Å². The molecule has 2 N–H and O–H groups in total. The molecule has 1 aliphatic heterocycles. The molecule has 41 heavy (non-hydrogen) atoms. The number of aromatic amines is 1. The van der Waals surface area contributed by atoms with E-state index in [2.05, 4.69) is 10.2 Å². The third kappa shape index (κ3) is 7.12. The van der Waals surface area contributed by atoms with E-state index in [1.807, 2.05) is 11.8 Å². The second kappa shape index (κ2) is 12.4. The van der Waals surface area contributed by atoms with Crippen LogP contribution >= 0.6 is 0 Å². The van der Waals surface area contributed by atoms with Crippen molar-refractivity contribution in [3.63, 3.8) is 0 Å². The summed E-state index contributed by atoms with van der Waals surface area (Å²) in [6.45, 7) is 7.89. The van der Waals surface area contributed by atoms with E-state index in [9.17, 15) is 31.9 Å². The Balaban J connectivity index is 0.000000587. The molecule has 0 unspecified atom stereocenters. The topological polar surface area (TPSA) is 124 Å². The molecule has 0 bridgehead atoms. The molecular weight excluding hydrogens is 548 g/mol. The van der Waals surface area contributed by atoms with E-state index in [1.54, 1.807) is 26.8 Å². The number of alkyl halides is 3. The Morgan fingerprint density at radius 1 is 1.07 bits per heavy atom. The first-order valence-corrected chi connectivity index (χ1v) is 13.3. The Hall–Kier alpha value is -3.77. The highest BCUT2D eigenvalue weighted by Gasteiger charge is 2.46. The van der Waals surface area contributed by atoms with Crippen molar-refractivity contribution in [2.24, 2.45) is 0 Å². The standard InChI is InChI=1S/C26H33FN4O3.C2HF3O2/c1-16-17(2)23(32)29-28-22(16)15-18-10-11-21(27)20(14-18)24(33)31-13-12-30(25(34)26(31,3)4)19-8-6-5-7-9-19;3-2(4,5)1(6)7/h10-11,14,19H,5-9,12-13,15H2,1-4H3,(H,29,32);(H,6,7). The Kier molecular flexibility index (Phi) is 9.60. The fraction of sp³-hybridized carbons (Fsp3) is 0.536. The van der Waals surface area contributed by atoms with Gasteiger partial charge in [-0.3, -0.25) is 14.4 Å². The maximum absolute atomic E-state index is 14.8. The van der Waals surface area contributed by atoms with Crippen molar-refractivity contribution in [3.05, 3.63) is 62.3 Å². The quantitative estimate of drug-likeness (QED) is 0.523. The third-order valence-corrected chi connectivity index (χ3v) is 7.79. The number of amides is 2. The summed E-state index contributed by atoms with van der Waals surface area (Å²) in [5, 5.41) is 13.7. The molecule has 13 heteroatoms. The van der Waals surface area contributed by atoms with Gasteiger partial charge in [-0.2, -0.15) is 18.3 Å². The lowest BCUT2D eigenvalue weighted by atomic mass is 9.89. The zero-order valence-corrected chi connectivity index (χ0v) is 23.4. The smallest absolute Gasteiger partial charge is 0.475 e. The van der Waals surface area contributed by atoms with Crippen molar-refractivity contribution in [2.45, 2.75) is 84.0 Å². The zero-order valence-electron chi connectivity index (χ0n) is 23.4. The summed E-state index contributed by atoms with van der Waals surface area (Å²) < 4.78 is 46.6. The fourth-order valence-electron chi connectivity index (χ4n) is 5.18. The maximum atomic E-state index is 14.8. The number of hydrogen-bond acceptors (Lipinski definition) is 5. The highest BCUT2D eigenvalue weighted by molar-refractivity contribution is 6.00. The number of carboxylic acids is 1. The van der Waals surface area contributed by atoms with Crippen LogP contribution in [0.15, 0.2) is 23.0 Å². The molecule has 1 saturated heterocycles. The van der Waals surface area contributed by atoms with Crippen LogP contribution in [0, 0.1) is 19.7 Å². The lowest BCUT2D eigenvalue weighted by Crippen LogP contribution is -2.66. The van der Waals surface area contributed by atoms with Crippen molar-refractivity contribution >= 4 is 17.8 Å². The largest absolute Gasteiger partial charge is 0.490 e. The second-order valence-electron chi connectivity index (χ2n) is 10.8. The molecule has 224 valence electrons. The van der Waals surface area contributed by atoms with E-state index in [0.717, 1.165) is 31.2 Å². The molecule has 2 fully saturated rings. The van der Waals surface area contributed by atoms with Gasteiger partial charge in [0.25, 0.3) is 11.5 Å². The van der Waals surface area contributed by atoms with Gasteiger partial charge < -0.3 is 14.9 Å². The Labute approximate surface area is 234 Å². The predicted octanol–water partition coefficient (Wildman–Crippen LogP) is 4.15. The Bertz CT molecular complexity index is 1370. The molecule has 2 heterocycles. The first-order chi connectivity index (χ1) is 19.1. The number of carboxylic acid groups (broad SMARTS) is 1. The number of halogens is 4. The van der Waals surface area contributed by atoms with E-state index in [1.165, 1.54) is 23.5 Å². The highest BCUT2D eigenvalue weighted by Crippen LogP contribution is 2.31. The molecule has 2 amide bonds. The molecule has 1 aromatic heterocycles. The van der Waals surface area contributed by atoms with Crippen molar-refractivity contribution < 1.29 is 37.1 Å². The minimum Gasteiger partial charge on any atom is -0.475 e. The minimum atomic E-state index is -5.08. The number of nitrogens with zero attached hydrogens (tertiary/aromatic N) is 3. The van der Waals surface area contributed by atoms with E-state index in [-0.39, 0.29) is 23.1 Å². The molecule has 0 atom stereocenters. The molecule has 1 aromatic carbocycles. The molecule has 1 aliphatic carbocycles. The normalized spacial score (nSPS) is 17.6. The van der Waals surface area contributed by atoms with Gasteiger partial charge in [0, 0.05) is 31.1 Å². The molecular formula is C28H34F4N4O5. The molecule has 0 radical (unpaired) electrons. The number of benzene rings is 1. The minimum absolute atomic E-state index is 0.0525. The van der Waals surface area contributed by atoms with Crippen molar-refractivity contribution in [1.29, 1.82) is 0 Å². The first-order valence-electron chi connectivity index (χ1n) is 13.3. The summed E-state index contributed by atoms with van der Waals surface area (Å²) in [4.78, 5) is 51.0. The molecule has 0 spiro atoms. The van der Waals surface area contributed by atoms with Gasteiger partial charge in [0.2, 0.25) is 5.91 Å². The number of aromatic nitrogens is 2. The molecule has 4 rings (SSSR count). The lowest BCUT2D eigenvalue weighted by molar-refractivity contribution is -0.192. The van der Waals surface area contributed by atoms with Gasteiger partial charge in [-0.25, -0.2) is 14.3 Å². The van der Waals surface area contributed by atoms with Gasteiger partial charge in [0.15, 0.2) is 0 Å². The number of nitrogens with one attached hydrogen (secondary N) is 1. The fourth-order valence-corrected chi connectivity index (χ4v) is 5.18. The number of piperazine rings is 1. The predicted molar refractivity (Wildman–Crippen MR) is 141 cm³/mol. The number of aliphatic carboxylic acids is 1. The number of carbonyl (C=O) groups is 3. The van der Waals surface area contributed by atoms with Gasteiger partial charge in [-0.15, -0.1) is 0 Å². The van der Waals surface area contributed by atoms with Crippen LogP contribution in [0.4, 0.5) is 17.6 Å². The molecule has 2 aromatic rings. The summed E-state index contributed by atoms with van der Waals surface area (Å²) >= 11 is 0. The number of carbonyl (C=O) groups excluding carboxylic acids is 2. The number of rotatable bonds is 4. The van der Waals surface area contributed by atoms with Gasteiger partial charge >= 0.3 is 12.1 Å². The average molecular weight is 583 g/mol. The van der Waals surface area contributed by atoms with E-state index in [4.69, 9.17) is 9.90 Å². The molecule has 9 nitrogen and oxygen atoms in total. The number of H-pyrrole nitrogens is 1. The van der Waals surface area contributed by atoms with Gasteiger partial charge in [0.1, 0.15) is 11.4 Å². The van der Waals surface area contributed by atoms with Crippen molar-refractivity contribution in [3.8, 4) is 0 Å². The van der Waals surface area contributed by atoms with Crippen LogP contribution in [0.1, 0.15) is 78.7 Å². The van der Waals surface area contributed by atoms with E-state index >= 15 is 0 Å². The summed E-state index contributed by atoms with van der Waals surface area (Å²) in [7, 11) is 0. The van der Waals surface area contributed by atoms with Crippen LogP contribution < -0.4 is 5.56 Å². The second-order valence-corrected chi connectivity index (χ2v) is 10.8. The zero-order chi connectivity index (χ0) is 30.7. The van der Waals surface area contributed by atoms with Gasteiger partial charge in [0.05, 0.1) is 11.3 Å². The highest BCUT2D eigenvalue weighted by atomic mass is 19.4. The van der Waals surface area contributed by atoms with Crippen LogP contribution in [-0.2, 0) is 16.0 Å². The summed E-state index contributed by atoms with van der Waals surface area (Å²) in [6, 6.07) is 4.66. The summed E-state index contributed by atoms with van der Waals surface area (Å²) in [5.41, 5.74) is 1.38. The van der Waals surface area contributed by atoms with Crippen LogP contribution in [0.2, 0.25) is 0 Å². The van der Waals surface area contributed by atoms with Crippen LogP contribution in [0.25, 0.3) is 0 Å². The van der Waals surface area contributed by atoms with Crippen molar-refractivity contribution in [2.75, 3.05) is 13.1 Å². The first kappa shape index (κ1) is 31.8. The molecule has 2 aliphatic rings.